The number of para-hydroxylation sites is 2. The summed E-state index contributed by atoms with van der Waals surface area (Å²) >= 11 is 2.80. The molecule has 2 amide bonds. The number of unbranched alkanes of at least 4 members (excludes halogenated alkanes) is 19. The quantitative estimate of drug-likeness (QED) is 0.0364. The Labute approximate surface area is 333 Å². The summed E-state index contributed by atoms with van der Waals surface area (Å²) in [5, 5.41) is 3.64. The average molecular weight is 841 g/mol. The van der Waals surface area contributed by atoms with Gasteiger partial charge in [-0.05, 0) is 37.1 Å². The van der Waals surface area contributed by atoms with Gasteiger partial charge in [-0.2, -0.15) is 0 Å². The normalized spacial score (nSPS) is 12.9. The number of amides is 2. The lowest BCUT2D eigenvalue weighted by Gasteiger charge is -2.14. The highest BCUT2D eigenvalue weighted by atomic mass is 79.9. The van der Waals surface area contributed by atoms with Gasteiger partial charge in [0, 0.05) is 34.9 Å². The van der Waals surface area contributed by atoms with Gasteiger partial charge in [-0.1, -0.05) is 182 Å². The maximum Gasteiger partial charge on any atom is 0.239 e. The minimum absolute atomic E-state index is 0.144. The second-order valence-electron chi connectivity index (χ2n) is 13.8. The lowest BCUT2D eigenvalue weighted by Crippen LogP contribution is -2.17. The molecule has 0 saturated carbocycles. The molecule has 0 atom stereocenters. The van der Waals surface area contributed by atoms with Gasteiger partial charge < -0.3 is 5.32 Å². The van der Waals surface area contributed by atoms with Crippen LogP contribution in [0.1, 0.15) is 162 Å². The van der Waals surface area contributed by atoms with Crippen molar-refractivity contribution in [1.82, 2.24) is 3.93 Å². The molecule has 2 aromatic rings. The summed E-state index contributed by atoms with van der Waals surface area (Å²) in [4.78, 5) is 23.0. The van der Waals surface area contributed by atoms with E-state index in [0.717, 1.165) is 33.9 Å². The molecule has 0 aliphatic carbocycles. The van der Waals surface area contributed by atoms with Gasteiger partial charge in [-0.25, -0.2) is 12.3 Å². The third-order valence-corrected chi connectivity index (χ3v) is 13.7. The molecule has 294 valence electrons. The Morgan fingerprint density at radius 1 is 0.577 bits per heavy atom. The average Bonchev–Trinajstić information content (AvgIpc) is 3.43. The van der Waals surface area contributed by atoms with Crippen molar-refractivity contribution in [2.45, 2.75) is 171 Å². The zero-order valence-corrected chi connectivity index (χ0v) is 36.0. The van der Waals surface area contributed by atoms with Gasteiger partial charge in [0.1, 0.15) is 0 Å². The Morgan fingerprint density at radius 2 is 0.962 bits per heavy atom. The topological polar surface area (TPSA) is 95.6 Å². The number of hydrogen-bond acceptors (Lipinski definition) is 7. The van der Waals surface area contributed by atoms with E-state index in [9.17, 15) is 18.0 Å². The Hall–Kier alpha value is -1.69. The van der Waals surface area contributed by atoms with Crippen LogP contribution in [-0.2, 0) is 19.6 Å². The molecule has 2 N–H and O–H groups in total. The number of anilines is 2. The minimum atomic E-state index is -3.37. The predicted molar refractivity (Wildman–Crippen MR) is 229 cm³/mol. The molecule has 0 radical (unpaired) electrons. The highest BCUT2D eigenvalue weighted by Gasteiger charge is 2.26. The lowest BCUT2D eigenvalue weighted by molar-refractivity contribution is -0.131. The maximum atomic E-state index is 12.9. The number of carbonyl (C=O) groups excluding carboxylic acids is 2. The summed E-state index contributed by atoms with van der Waals surface area (Å²) in [6, 6.07) is 16.2. The highest BCUT2D eigenvalue weighted by molar-refractivity contribution is 9.08. The fourth-order valence-electron chi connectivity index (χ4n) is 5.96. The number of halogens is 1. The zero-order valence-electron chi connectivity index (χ0n) is 32.0. The molecule has 0 bridgehead atoms. The van der Waals surface area contributed by atoms with Gasteiger partial charge in [0.05, 0.1) is 27.6 Å². The zero-order chi connectivity index (χ0) is 37.7. The third-order valence-electron chi connectivity index (χ3n) is 9.11. The molecule has 0 spiro atoms. The second-order valence-corrected chi connectivity index (χ2v) is 18.6. The number of nitrogens with one attached hydrogen (secondary N) is 2. The fourth-order valence-corrected chi connectivity index (χ4v) is 9.87. The van der Waals surface area contributed by atoms with Crippen LogP contribution in [0.15, 0.2) is 58.3 Å². The van der Waals surface area contributed by atoms with Gasteiger partial charge in [-0.15, -0.1) is 0 Å². The molecule has 1 aliphatic rings. The molecule has 0 aromatic heterocycles. The van der Waals surface area contributed by atoms with Gasteiger partial charge in [0.25, 0.3) is 0 Å². The van der Waals surface area contributed by atoms with E-state index in [1.54, 1.807) is 21.6 Å². The van der Waals surface area contributed by atoms with Gasteiger partial charge >= 0.3 is 0 Å². The van der Waals surface area contributed by atoms with Crippen molar-refractivity contribution in [3.63, 3.8) is 0 Å². The molecule has 1 fully saturated rings. The molecule has 1 saturated heterocycles. The number of rotatable bonds is 29. The van der Waals surface area contributed by atoms with E-state index >= 15 is 0 Å². The van der Waals surface area contributed by atoms with E-state index in [0.29, 0.717) is 24.9 Å². The maximum absolute atomic E-state index is 12.9. The molecule has 52 heavy (non-hydrogen) atoms. The Kier molecular flexibility index (Phi) is 26.5. The first-order chi connectivity index (χ1) is 25.3. The van der Waals surface area contributed by atoms with Crippen LogP contribution in [0.25, 0.3) is 0 Å². The van der Waals surface area contributed by atoms with Crippen molar-refractivity contribution >= 4 is 70.9 Å². The Balaban J connectivity index is 0.00000103. The number of benzene rings is 2. The van der Waals surface area contributed by atoms with Crippen LogP contribution < -0.4 is 10.0 Å². The van der Waals surface area contributed by atoms with Crippen LogP contribution >= 0.6 is 37.7 Å². The monoisotopic (exact) mass is 839 g/mol. The molecule has 3 rings (SSSR count). The van der Waals surface area contributed by atoms with E-state index in [2.05, 4.69) is 64.3 Å². The van der Waals surface area contributed by atoms with Crippen molar-refractivity contribution in [3.05, 3.63) is 48.5 Å². The summed E-state index contributed by atoms with van der Waals surface area (Å²) in [6.07, 6.45) is 27.5. The summed E-state index contributed by atoms with van der Waals surface area (Å²) in [6.45, 7) is 5.51. The number of sulfonamides is 1. The Morgan fingerprint density at radius 3 is 1.40 bits per heavy atom. The Bertz CT molecular complexity index is 1350. The van der Waals surface area contributed by atoms with Crippen LogP contribution in [0, 0.1) is 0 Å². The van der Waals surface area contributed by atoms with Crippen LogP contribution in [-0.4, -0.2) is 36.5 Å². The number of carbonyl (C=O) groups is 2. The van der Waals surface area contributed by atoms with Gasteiger partial charge in [-0.3, -0.25) is 14.3 Å². The standard InChI is InChI=1S/C37H62N2O2S3.C4H4BrNO2/c1-3-5-7-9-11-13-15-16-18-20-26-32-38-34-28-22-24-30-36(34)42-43-37-31-25-23-29-35(37)39-44(40,41)33-27-21-19-17-14-12-10-8-6-4-2;5-6-3(7)1-2-4(6)8/h22-25,28-31,38-39H,3-21,26-27,32-33H2,1-2H3;1-2H2. The second kappa shape index (κ2) is 29.6. The molecule has 7 nitrogen and oxygen atoms in total. The molecule has 1 aliphatic heterocycles. The van der Waals surface area contributed by atoms with E-state index in [-0.39, 0.29) is 17.6 Å². The lowest BCUT2D eigenvalue weighted by atomic mass is 10.1. The van der Waals surface area contributed by atoms with Crippen molar-refractivity contribution in [3.8, 4) is 0 Å². The summed E-state index contributed by atoms with van der Waals surface area (Å²) in [5.41, 5.74) is 1.82. The van der Waals surface area contributed by atoms with Gasteiger partial charge in [0.15, 0.2) is 0 Å². The molecule has 1 heterocycles. The molecule has 2 aromatic carbocycles. The highest BCUT2D eigenvalue weighted by Crippen LogP contribution is 2.43. The largest absolute Gasteiger partial charge is 0.384 e. The van der Waals surface area contributed by atoms with Crippen LogP contribution in [0.2, 0.25) is 0 Å². The predicted octanol–water partition coefficient (Wildman–Crippen LogP) is 13.3. The fraction of sp³-hybridized carbons (Fsp3) is 0.659. The minimum Gasteiger partial charge on any atom is -0.384 e. The first-order valence-electron chi connectivity index (χ1n) is 20.1. The van der Waals surface area contributed by atoms with E-state index in [1.165, 1.54) is 120 Å². The molecule has 11 heteroatoms. The van der Waals surface area contributed by atoms with E-state index < -0.39 is 10.0 Å². The number of nitrogens with zero attached hydrogens (tertiary/aromatic N) is 1. The first-order valence-corrected chi connectivity index (χ1v) is 24.6. The van der Waals surface area contributed by atoms with E-state index in [4.69, 9.17) is 0 Å². The van der Waals surface area contributed by atoms with Crippen LogP contribution in [0.4, 0.5) is 11.4 Å². The smallest absolute Gasteiger partial charge is 0.239 e. The number of imide groups is 1. The van der Waals surface area contributed by atoms with Gasteiger partial charge in [0.2, 0.25) is 21.8 Å². The molecular formula is C41H66BrN3O4S3. The molecular weight excluding hydrogens is 775 g/mol. The van der Waals surface area contributed by atoms with Crippen molar-refractivity contribution < 1.29 is 18.0 Å². The SMILES string of the molecule is CCCCCCCCCCCCCNc1ccccc1SSc1ccccc1NS(=O)(=O)CCCCCCCCCCCC.O=C1CCC(=O)N1Br. The summed E-state index contributed by atoms with van der Waals surface area (Å²) in [5.74, 6) is -0.105. The van der Waals surface area contributed by atoms with Crippen molar-refractivity contribution in [2.24, 2.45) is 0 Å². The van der Waals surface area contributed by atoms with E-state index in [1.807, 2.05) is 24.3 Å². The number of hydrogen-bond donors (Lipinski definition) is 2. The van der Waals surface area contributed by atoms with Crippen molar-refractivity contribution in [1.29, 1.82) is 0 Å². The third kappa shape index (κ3) is 21.9. The first kappa shape index (κ1) is 46.5. The molecule has 0 unspecified atom stereocenters. The summed E-state index contributed by atoms with van der Waals surface area (Å²) in [7, 11) is -0.0823. The van der Waals surface area contributed by atoms with Crippen molar-refractivity contribution in [2.75, 3.05) is 22.3 Å². The van der Waals surface area contributed by atoms with Crippen LogP contribution in [0.5, 0.6) is 0 Å². The summed E-state index contributed by atoms with van der Waals surface area (Å²) < 4.78 is 29.6. The van der Waals surface area contributed by atoms with Crippen LogP contribution in [0.3, 0.4) is 0 Å².